The van der Waals surface area contributed by atoms with Gasteiger partial charge in [-0.2, -0.15) is 5.26 Å². The Morgan fingerprint density at radius 3 is 2.88 bits per heavy atom. The topological polar surface area (TPSA) is 53.6 Å². The van der Waals surface area contributed by atoms with Crippen molar-refractivity contribution in [3.63, 3.8) is 0 Å². The summed E-state index contributed by atoms with van der Waals surface area (Å²) in [5, 5.41) is 12.1. The number of benzene rings is 1. The Kier molecular flexibility index (Phi) is 3.10. The van der Waals surface area contributed by atoms with Gasteiger partial charge >= 0.3 is 0 Å². The van der Waals surface area contributed by atoms with Crippen molar-refractivity contribution in [3.8, 4) is 6.07 Å². The molecule has 1 aromatic carbocycles. The number of imidazole rings is 1. The molecule has 1 N–H and O–H groups in total. The van der Waals surface area contributed by atoms with E-state index in [1.807, 2.05) is 42.9 Å². The highest BCUT2D eigenvalue weighted by atomic mass is 15.1. The predicted octanol–water partition coefficient (Wildman–Crippen LogP) is 2.21. The number of aromatic nitrogens is 2. The van der Waals surface area contributed by atoms with Crippen LogP contribution in [-0.4, -0.2) is 9.55 Å². The van der Waals surface area contributed by atoms with Crippen LogP contribution in [0.3, 0.4) is 0 Å². The molecule has 4 heteroatoms. The SMILES string of the molecule is Cc1cc(NCc2nccn2C)ccc1C#N. The van der Waals surface area contributed by atoms with Gasteiger partial charge in [0.25, 0.3) is 0 Å². The molecule has 0 unspecified atom stereocenters. The Hall–Kier alpha value is -2.28. The molecule has 0 aliphatic carbocycles. The molecule has 4 nitrogen and oxygen atoms in total. The van der Waals surface area contributed by atoms with Crippen LogP contribution < -0.4 is 5.32 Å². The van der Waals surface area contributed by atoms with E-state index in [0.29, 0.717) is 12.1 Å². The largest absolute Gasteiger partial charge is 0.378 e. The highest BCUT2D eigenvalue weighted by Crippen LogP contribution is 2.14. The highest BCUT2D eigenvalue weighted by molar-refractivity contribution is 5.51. The number of hydrogen-bond acceptors (Lipinski definition) is 3. The average molecular weight is 226 g/mol. The highest BCUT2D eigenvalue weighted by Gasteiger charge is 2.01. The van der Waals surface area contributed by atoms with Crippen LogP contribution in [0.4, 0.5) is 5.69 Å². The quantitative estimate of drug-likeness (QED) is 0.873. The molecule has 1 aromatic heterocycles. The van der Waals surface area contributed by atoms with Gasteiger partial charge < -0.3 is 9.88 Å². The van der Waals surface area contributed by atoms with Gasteiger partial charge in [-0.1, -0.05) is 0 Å². The first-order valence-electron chi connectivity index (χ1n) is 5.41. The first kappa shape index (κ1) is 11.2. The number of hydrogen-bond donors (Lipinski definition) is 1. The van der Waals surface area contributed by atoms with E-state index < -0.39 is 0 Å². The summed E-state index contributed by atoms with van der Waals surface area (Å²) in [4.78, 5) is 4.24. The molecule has 0 saturated carbocycles. The molecule has 0 aliphatic rings. The zero-order valence-corrected chi connectivity index (χ0v) is 9.94. The molecule has 86 valence electrons. The molecule has 17 heavy (non-hydrogen) atoms. The third-order valence-electron chi connectivity index (χ3n) is 2.72. The fraction of sp³-hybridized carbons (Fsp3) is 0.231. The Bertz CT molecular complexity index is 563. The zero-order chi connectivity index (χ0) is 12.3. The Balaban J connectivity index is 2.08. The molecule has 0 radical (unpaired) electrons. The summed E-state index contributed by atoms with van der Waals surface area (Å²) < 4.78 is 1.98. The fourth-order valence-electron chi connectivity index (χ4n) is 1.65. The van der Waals surface area contributed by atoms with E-state index in [1.165, 1.54) is 0 Å². The average Bonchev–Trinajstić information content (AvgIpc) is 2.72. The maximum absolute atomic E-state index is 8.84. The number of nitrogens with zero attached hydrogens (tertiary/aromatic N) is 3. The summed E-state index contributed by atoms with van der Waals surface area (Å²) in [6.45, 7) is 2.61. The van der Waals surface area contributed by atoms with Gasteiger partial charge in [-0.3, -0.25) is 0 Å². The summed E-state index contributed by atoms with van der Waals surface area (Å²) in [5.41, 5.74) is 2.70. The van der Waals surface area contributed by atoms with Crippen LogP contribution in [0.15, 0.2) is 30.6 Å². The van der Waals surface area contributed by atoms with E-state index >= 15 is 0 Å². The van der Waals surface area contributed by atoms with E-state index in [-0.39, 0.29) is 0 Å². The zero-order valence-electron chi connectivity index (χ0n) is 9.94. The van der Waals surface area contributed by atoms with Gasteiger partial charge in [0.2, 0.25) is 0 Å². The van der Waals surface area contributed by atoms with Crippen molar-refractivity contribution >= 4 is 5.69 Å². The second-order valence-electron chi connectivity index (χ2n) is 3.95. The van der Waals surface area contributed by atoms with Gasteiger partial charge in [-0.05, 0) is 30.7 Å². The van der Waals surface area contributed by atoms with Crippen molar-refractivity contribution in [2.24, 2.45) is 7.05 Å². The minimum absolute atomic E-state index is 0.675. The maximum atomic E-state index is 8.84. The molecule has 0 fully saturated rings. The van der Waals surface area contributed by atoms with Gasteiger partial charge in [-0.25, -0.2) is 4.98 Å². The molecule has 0 aliphatic heterocycles. The fourth-order valence-corrected chi connectivity index (χ4v) is 1.65. The number of aryl methyl sites for hydroxylation is 2. The lowest BCUT2D eigenvalue weighted by Crippen LogP contribution is -2.05. The maximum Gasteiger partial charge on any atom is 0.127 e. The first-order chi connectivity index (χ1) is 8.20. The van der Waals surface area contributed by atoms with Crippen LogP contribution in [0, 0.1) is 18.3 Å². The number of nitriles is 1. The second kappa shape index (κ2) is 4.71. The van der Waals surface area contributed by atoms with E-state index in [2.05, 4.69) is 16.4 Å². The summed E-state index contributed by atoms with van der Waals surface area (Å²) >= 11 is 0. The van der Waals surface area contributed by atoms with Crippen molar-refractivity contribution in [3.05, 3.63) is 47.5 Å². The van der Waals surface area contributed by atoms with Gasteiger partial charge in [0, 0.05) is 25.1 Å². The lowest BCUT2D eigenvalue weighted by Gasteiger charge is -2.07. The minimum atomic E-state index is 0.675. The third-order valence-corrected chi connectivity index (χ3v) is 2.72. The molecule has 0 atom stereocenters. The van der Waals surface area contributed by atoms with Crippen LogP contribution >= 0.6 is 0 Å². The number of anilines is 1. The monoisotopic (exact) mass is 226 g/mol. The first-order valence-corrected chi connectivity index (χ1v) is 5.41. The van der Waals surface area contributed by atoms with Crippen LogP contribution in [0.5, 0.6) is 0 Å². The third kappa shape index (κ3) is 2.45. The summed E-state index contributed by atoms with van der Waals surface area (Å²) in [6, 6.07) is 7.87. The van der Waals surface area contributed by atoms with Crippen molar-refractivity contribution < 1.29 is 0 Å². The van der Waals surface area contributed by atoms with Crippen molar-refractivity contribution in [1.82, 2.24) is 9.55 Å². The number of nitrogens with one attached hydrogen (secondary N) is 1. The minimum Gasteiger partial charge on any atom is -0.378 e. The second-order valence-corrected chi connectivity index (χ2v) is 3.95. The van der Waals surface area contributed by atoms with E-state index in [4.69, 9.17) is 5.26 Å². The van der Waals surface area contributed by atoms with Crippen molar-refractivity contribution in [2.75, 3.05) is 5.32 Å². The van der Waals surface area contributed by atoms with Gasteiger partial charge in [0.15, 0.2) is 0 Å². The molecular formula is C13H14N4. The summed E-state index contributed by atoms with van der Waals surface area (Å²) in [6.07, 6.45) is 3.70. The van der Waals surface area contributed by atoms with Gasteiger partial charge in [0.05, 0.1) is 18.2 Å². The van der Waals surface area contributed by atoms with Gasteiger partial charge in [0.1, 0.15) is 5.82 Å². The molecule has 2 aromatic rings. The van der Waals surface area contributed by atoms with E-state index in [1.54, 1.807) is 6.20 Å². The molecule has 0 spiro atoms. The normalized spacial score (nSPS) is 9.94. The molecular weight excluding hydrogens is 212 g/mol. The lowest BCUT2D eigenvalue weighted by molar-refractivity contribution is 0.813. The van der Waals surface area contributed by atoms with Crippen LogP contribution in [0.1, 0.15) is 17.0 Å². The molecule has 1 heterocycles. The Labute approximate surface area is 101 Å². The summed E-state index contributed by atoms with van der Waals surface area (Å²) in [7, 11) is 1.97. The van der Waals surface area contributed by atoms with Crippen LogP contribution in [0.25, 0.3) is 0 Å². The lowest BCUT2D eigenvalue weighted by atomic mass is 10.1. The predicted molar refractivity (Wildman–Crippen MR) is 66.4 cm³/mol. The standard InChI is InChI=1S/C13H14N4/c1-10-7-12(4-3-11(10)8-14)16-9-13-15-5-6-17(13)2/h3-7,16H,9H2,1-2H3. The molecule has 2 rings (SSSR count). The van der Waals surface area contributed by atoms with Crippen molar-refractivity contribution in [2.45, 2.75) is 13.5 Å². The summed E-state index contributed by atoms with van der Waals surface area (Å²) in [5.74, 6) is 0.979. The Morgan fingerprint density at radius 1 is 1.47 bits per heavy atom. The van der Waals surface area contributed by atoms with Crippen LogP contribution in [-0.2, 0) is 13.6 Å². The molecule has 0 bridgehead atoms. The number of rotatable bonds is 3. The molecule has 0 amide bonds. The van der Waals surface area contributed by atoms with Gasteiger partial charge in [-0.15, -0.1) is 0 Å². The van der Waals surface area contributed by atoms with Crippen molar-refractivity contribution in [1.29, 1.82) is 5.26 Å². The van der Waals surface area contributed by atoms with E-state index in [0.717, 1.165) is 17.1 Å². The van der Waals surface area contributed by atoms with Crippen LogP contribution in [0.2, 0.25) is 0 Å². The Morgan fingerprint density at radius 2 is 2.29 bits per heavy atom. The van der Waals surface area contributed by atoms with E-state index in [9.17, 15) is 0 Å². The smallest absolute Gasteiger partial charge is 0.127 e. The molecule has 0 saturated heterocycles.